The summed E-state index contributed by atoms with van der Waals surface area (Å²) in [6, 6.07) is 26.0. The Balaban J connectivity index is 1.43. The van der Waals surface area contributed by atoms with E-state index in [1.807, 2.05) is 78.5 Å². The minimum absolute atomic E-state index is 0.0581. The first-order valence-electron chi connectivity index (χ1n) is 11.0. The van der Waals surface area contributed by atoms with E-state index >= 15 is 0 Å². The number of hydrogen-bond acceptors (Lipinski definition) is 2. The van der Waals surface area contributed by atoms with Gasteiger partial charge in [-0.15, -0.1) is 0 Å². The van der Waals surface area contributed by atoms with Crippen molar-refractivity contribution in [3.8, 4) is 11.1 Å². The molecule has 1 heterocycles. The standard InChI is InChI=1S/C27H28N4O2/c1-28-27(33)29-19-31-18-22(24-10-6-7-11-25(24)31)14-17-26(32)30(2)23-15-12-21(13-16-23)20-8-4-3-5-9-20/h3-13,15-16,18H,14,17,19H2,1-2H3,(H2,28,29,33). The van der Waals surface area contributed by atoms with Gasteiger partial charge in [-0.1, -0.05) is 60.7 Å². The summed E-state index contributed by atoms with van der Waals surface area (Å²) in [6.45, 7) is 0.363. The Hall–Kier alpha value is -4.06. The van der Waals surface area contributed by atoms with Gasteiger partial charge in [0.1, 0.15) is 0 Å². The molecule has 3 aromatic carbocycles. The van der Waals surface area contributed by atoms with Crippen molar-refractivity contribution in [2.24, 2.45) is 0 Å². The third-order valence-electron chi connectivity index (χ3n) is 5.85. The molecule has 33 heavy (non-hydrogen) atoms. The highest BCUT2D eigenvalue weighted by atomic mass is 16.2. The number of carbonyl (C=O) groups excluding carboxylic acids is 2. The number of anilines is 1. The van der Waals surface area contributed by atoms with E-state index in [2.05, 4.69) is 28.8 Å². The molecule has 0 aliphatic carbocycles. The van der Waals surface area contributed by atoms with Crippen molar-refractivity contribution >= 4 is 28.5 Å². The van der Waals surface area contributed by atoms with Gasteiger partial charge in [0.2, 0.25) is 5.91 Å². The zero-order valence-electron chi connectivity index (χ0n) is 18.9. The molecule has 0 bridgehead atoms. The van der Waals surface area contributed by atoms with Crippen LogP contribution >= 0.6 is 0 Å². The maximum Gasteiger partial charge on any atom is 0.315 e. The van der Waals surface area contributed by atoms with Crippen molar-refractivity contribution in [3.05, 3.63) is 90.6 Å². The second kappa shape index (κ2) is 10.0. The minimum atomic E-state index is -0.232. The Morgan fingerprint density at radius 2 is 1.55 bits per heavy atom. The molecule has 0 radical (unpaired) electrons. The Kier molecular flexibility index (Phi) is 6.74. The van der Waals surface area contributed by atoms with Crippen molar-refractivity contribution < 1.29 is 9.59 Å². The third kappa shape index (κ3) is 5.06. The van der Waals surface area contributed by atoms with Gasteiger partial charge in [-0.25, -0.2) is 4.79 Å². The van der Waals surface area contributed by atoms with Crippen LogP contribution in [0.3, 0.4) is 0 Å². The van der Waals surface area contributed by atoms with E-state index in [0.29, 0.717) is 19.5 Å². The number of urea groups is 1. The summed E-state index contributed by atoms with van der Waals surface area (Å²) in [5.41, 5.74) is 5.27. The topological polar surface area (TPSA) is 66.4 Å². The van der Waals surface area contributed by atoms with Crippen LogP contribution in [0.1, 0.15) is 12.0 Å². The molecule has 0 spiro atoms. The van der Waals surface area contributed by atoms with Crippen LogP contribution in [-0.2, 0) is 17.9 Å². The summed E-state index contributed by atoms with van der Waals surface area (Å²) in [4.78, 5) is 26.2. The molecular formula is C27H28N4O2. The van der Waals surface area contributed by atoms with Gasteiger partial charge in [0.25, 0.3) is 0 Å². The number of para-hydroxylation sites is 1. The number of carbonyl (C=O) groups is 2. The van der Waals surface area contributed by atoms with E-state index in [0.717, 1.165) is 33.3 Å². The molecule has 3 amide bonds. The number of benzene rings is 3. The molecule has 0 saturated carbocycles. The summed E-state index contributed by atoms with van der Waals surface area (Å²) < 4.78 is 2.00. The molecule has 2 N–H and O–H groups in total. The van der Waals surface area contributed by atoms with Crippen molar-refractivity contribution in [1.82, 2.24) is 15.2 Å². The second-order valence-electron chi connectivity index (χ2n) is 7.92. The molecule has 0 aliphatic heterocycles. The molecule has 0 saturated heterocycles. The lowest BCUT2D eigenvalue weighted by Gasteiger charge is -2.18. The number of nitrogens with zero attached hydrogens (tertiary/aromatic N) is 2. The number of aromatic nitrogens is 1. The Labute approximate surface area is 193 Å². The zero-order valence-corrected chi connectivity index (χ0v) is 18.9. The fourth-order valence-electron chi connectivity index (χ4n) is 3.96. The summed E-state index contributed by atoms with van der Waals surface area (Å²) >= 11 is 0. The molecule has 6 heteroatoms. The SMILES string of the molecule is CNC(=O)NCn1cc(CCC(=O)N(C)c2ccc(-c3ccccc3)cc2)c2ccccc21. The predicted molar refractivity (Wildman–Crippen MR) is 133 cm³/mol. The van der Waals surface area contributed by atoms with Crippen LogP contribution < -0.4 is 15.5 Å². The average molecular weight is 441 g/mol. The summed E-state index contributed by atoms with van der Waals surface area (Å²) in [6.07, 6.45) is 3.04. The summed E-state index contributed by atoms with van der Waals surface area (Å²) in [5.74, 6) is 0.0581. The highest BCUT2D eigenvalue weighted by molar-refractivity contribution is 5.93. The third-order valence-corrected chi connectivity index (χ3v) is 5.85. The largest absolute Gasteiger partial charge is 0.341 e. The number of hydrogen-bond donors (Lipinski definition) is 2. The van der Waals surface area contributed by atoms with E-state index in [4.69, 9.17) is 0 Å². The van der Waals surface area contributed by atoms with Crippen LogP contribution in [0.25, 0.3) is 22.0 Å². The van der Waals surface area contributed by atoms with E-state index in [-0.39, 0.29) is 11.9 Å². The van der Waals surface area contributed by atoms with E-state index in [9.17, 15) is 9.59 Å². The van der Waals surface area contributed by atoms with Crippen LogP contribution in [0.5, 0.6) is 0 Å². The van der Waals surface area contributed by atoms with Crippen LogP contribution in [0.15, 0.2) is 85.1 Å². The maximum absolute atomic E-state index is 12.9. The molecule has 4 rings (SSSR count). The van der Waals surface area contributed by atoms with Crippen molar-refractivity contribution in [3.63, 3.8) is 0 Å². The molecule has 0 atom stereocenters. The number of fused-ring (bicyclic) bond motifs is 1. The lowest BCUT2D eigenvalue weighted by atomic mass is 10.1. The van der Waals surface area contributed by atoms with Crippen LogP contribution in [0.4, 0.5) is 10.5 Å². The average Bonchev–Trinajstić information content (AvgIpc) is 3.23. The Morgan fingerprint density at radius 1 is 0.879 bits per heavy atom. The van der Waals surface area contributed by atoms with E-state index in [1.54, 1.807) is 11.9 Å². The lowest BCUT2D eigenvalue weighted by molar-refractivity contribution is -0.118. The first-order chi connectivity index (χ1) is 16.1. The van der Waals surface area contributed by atoms with E-state index < -0.39 is 0 Å². The first-order valence-corrected chi connectivity index (χ1v) is 11.0. The van der Waals surface area contributed by atoms with Gasteiger partial charge in [0.15, 0.2) is 0 Å². The zero-order chi connectivity index (χ0) is 23.2. The summed E-state index contributed by atoms with van der Waals surface area (Å²) in [5, 5.41) is 6.47. The van der Waals surface area contributed by atoms with Gasteiger partial charge in [-0.2, -0.15) is 0 Å². The molecule has 4 aromatic rings. The molecular weight excluding hydrogens is 412 g/mol. The normalized spacial score (nSPS) is 10.7. The molecule has 6 nitrogen and oxygen atoms in total. The maximum atomic E-state index is 12.9. The van der Waals surface area contributed by atoms with Gasteiger partial charge in [0.05, 0.1) is 6.67 Å². The molecule has 0 unspecified atom stereocenters. The number of aryl methyl sites for hydroxylation is 1. The smallest absolute Gasteiger partial charge is 0.315 e. The minimum Gasteiger partial charge on any atom is -0.341 e. The van der Waals surface area contributed by atoms with Crippen molar-refractivity contribution in [1.29, 1.82) is 0 Å². The van der Waals surface area contributed by atoms with Gasteiger partial charge >= 0.3 is 6.03 Å². The van der Waals surface area contributed by atoms with Crippen molar-refractivity contribution in [2.75, 3.05) is 19.0 Å². The predicted octanol–water partition coefficient (Wildman–Crippen LogP) is 4.79. The fourth-order valence-corrected chi connectivity index (χ4v) is 3.96. The highest BCUT2D eigenvalue weighted by Crippen LogP contribution is 2.25. The van der Waals surface area contributed by atoms with E-state index in [1.165, 1.54) is 0 Å². The number of rotatable bonds is 7. The van der Waals surface area contributed by atoms with Gasteiger partial charge in [-0.3, -0.25) is 4.79 Å². The number of amides is 3. The first kappa shape index (κ1) is 22.1. The molecule has 0 aliphatic rings. The Bertz CT molecular complexity index is 1250. The second-order valence-corrected chi connectivity index (χ2v) is 7.92. The monoisotopic (exact) mass is 440 g/mol. The molecule has 0 fully saturated rings. The van der Waals surface area contributed by atoms with Gasteiger partial charge < -0.3 is 20.1 Å². The number of nitrogens with one attached hydrogen (secondary N) is 2. The summed E-state index contributed by atoms with van der Waals surface area (Å²) in [7, 11) is 3.41. The molecule has 168 valence electrons. The van der Waals surface area contributed by atoms with Gasteiger partial charge in [-0.05, 0) is 41.3 Å². The quantitative estimate of drug-likeness (QED) is 0.434. The van der Waals surface area contributed by atoms with Crippen LogP contribution in [0.2, 0.25) is 0 Å². The van der Waals surface area contributed by atoms with Crippen LogP contribution in [-0.4, -0.2) is 30.6 Å². The van der Waals surface area contributed by atoms with Crippen LogP contribution in [0, 0.1) is 0 Å². The van der Waals surface area contributed by atoms with Gasteiger partial charge in [0, 0.05) is 43.3 Å². The highest BCUT2D eigenvalue weighted by Gasteiger charge is 2.14. The fraction of sp³-hybridized carbons (Fsp3) is 0.185. The lowest BCUT2D eigenvalue weighted by Crippen LogP contribution is -2.33. The molecule has 1 aromatic heterocycles. The Morgan fingerprint density at radius 3 is 2.27 bits per heavy atom. The van der Waals surface area contributed by atoms with Crippen molar-refractivity contribution in [2.45, 2.75) is 19.5 Å².